The number of aryl methyl sites for hydroxylation is 1. The highest BCUT2D eigenvalue weighted by Gasteiger charge is 2.57. The minimum Gasteiger partial charge on any atom is -0.334 e. The first-order valence-electron chi connectivity index (χ1n) is 17.3. The van der Waals surface area contributed by atoms with Crippen LogP contribution in [-0.2, 0) is 10.8 Å². The SMILES string of the molecule is Cc1cc2c(cc1-c1ccc3c(c1)C(c1ccccc1)(c1ccccc1)c1ccccc1-3)C1(C)CCCCC1(C)N2c1ccccc1. The lowest BCUT2D eigenvalue weighted by Crippen LogP contribution is -2.54. The molecule has 2 unspecified atom stereocenters. The molecule has 0 aromatic heterocycles. The van der Waals surface area contributed by atoms with Crippen LogP contribution in [0, 0.1) is 6.92 Å². The summed E-state index contributed by atoms with van der Waals surface area (Å²) in [5.41, 5.74) is 15.9. The van der Waals surface area contributed by atoms with Crippen LogP contribution >= 0.6 is 0 Å². The van der Waals surface area contributed by atoms with Crippen LogP contribution in [0.1, 0.15) is 72.9 Å². The minimum absolute atomic E-state index is 0.0371. The summed E-state index contributed by atoms with van der Waals surface area (Å²) < 4.78 is 0. The van der Waals surface area contributed by atoms with Gasteiger partial charge in [-0.1, -0.05) is 135 Å². The number of rotatable bonds is 4. The van der Waals surface area contributed by atoms with Gasteiger partial charge in [0.25, 0.3) is 0 Å². The highest BCUT2D eigenvalue weighted by atomic mass is 15.3. The molecule has 1 aliphatic heterocycles. The van der Waals surface area contributed by atoms with Crippen LogP contribution in [0.5, 0.6) is 0 Å². The fourth-order valence-corrected chi connectivity index (χ4v) is 9.79. The lowest BCUT2D eigenvalue weighted by atomic mass is 9.61. The minimum atomic E-state index is -0.396. The number of nitrogens with zero attached hydrogens (tertiary/aromatic N) is 1. The lowest BCUT2D eigenvalue weighted by Gasteiger charge is -2.50. The van der Waals surface area contributed by atoms with E-state index >= 15 is 0 Å². The summed E-state index contributed by atoms with van der Waals surface area (Å²) in [5.74, 6) is 0. The molecule has 1 saturated carbocycles. The maximum absolute atomic E-state index is 2.69. The second-order valence-electron chi connectivity index (χ2n) is 14.5. The summed E-state index contributed by atoms with van der Waals surface area (Å²) in [5, 5.41) is 0. The van der Waals surface area contributed by atoms with Crippen molar-refractivity contribution in [2.45, 2.75) is 62.8 Å². The van der Waals surface area contributed by atoms with E-state index in [1.807, 2.05) is 0 Å². The van der Waals surface area contributed by atoms with Crippen LogP contribution in [0.15, 0.2) is 146 Å². The molecule has 6 aromatic rings. The van der Waals surface area contributed by atoms with Crippen molar-refractivity contribution in [3.8, 4) is 22.3 Å². The number of hydrogen-bond donors (Lipinski definition) is 0. The highest BCUT2D eigenvalue weighted by Crippen LogP contribution is 2.62. The van der Waals surface area contributed by atoms with Crippen LogP contribution in [0.3, 0.4) is 0 Å². The van der Waals surface area contributed by atoms with E-state index in [0.717, 1.165) is 0 Å². The molecule has 1 heteroatoms. The monoisotopic (exact) mass is 607 g/mol. The van der Waals surface area contributed by atoms with Gasteiger partial charge in [-0.3, -0.25) is 0 Å². The highest BCUT2D eigenvalue weighted by molar-refractivity contribution is 5.89. The quantitative estimate of drug-likeness (QED) is 0.192. The van der Waals surface area contributed by atoms with Crippen LogP contribution in [0.25, 0.3) is 22.3 Å². The largest absolute Gasteiger partial charge is 0.334 e. The second kappa shape index (κ2) is 10.3. The van der Waals surface area contributed by atoms with Gasteiger partial charge in [-0.15, -0.1) is 0 Å². The van der Waals surface area contributed by atoms with E-state index in [4.69, 9.17) is 0 Å². The van der Waals surface area contributed by atoms with Crippen LogP contribution in [0.2, 0.25) is 0 Å². The number of fused-ring (bicyclic) bond motifs is 6. The van der Waals surface area contributed by atoms with Gasteiger partial charge in [-0.2, -0.15) is 0 Å². The Hall–Kier alpha value is -4.88. The number of para-hydroxylation sites is 1. The molecule has 1 fully saturated rings. The Balaban J connectivity index is 1.29. The molecule has 3 aliphatic rings. The average molecular weight is 608 g/mol. The van der Waals surface area contributed by atoms with Gasteiger partial charge in [0, 0.05) is 16.8 Å². The smallest absolute Gasteiger partial charge is 0.0713 e. The molecule has 0 bridgehead atoms. The molecule has 0 radical (unpaired) electrons. The second-order valence-corrected chi connectivity index (χ2v) is 14.5. The number of benzene rings is 6. The molecule has 2 atom stereocenters. The Morgan fingerprint density at radius 1 is 0.511 bits per heavy atom. The lowest BCUT2D eigenvalue weighted by molar-refractivity contribution is 0.195. The van der Waals surface area contributed by atoms with Gasteiger partial charge in [0.2, 0.25) is 0 Å². The van der Waals surface area contributed by atoms with E-state index in [0.29, 0.717) is 0 Å². The zero-order chi connectivity index (χ0) is 31.8. The summed E-state index contributed by atoms with van der Waals surface area (Å²) in [6, 6.07) is 54.8. The van der Waals surface area contributed by atoms with Gasteiger partial charge in [0.1, 0.15) is 0 Å². The van der Waals surface area contributed by atoms with E-state index in [1.165, 1.54) is 92.7 Å². The molecule has 47 heavy (non-hydrogen) atoms. The van der Waals surface area contributed by atoms with E-state index in [1.54, 1.807) is 0 Å². The Kier molecular flexibility index (Phi) is 6.22. The van der Waals surface area contributed by atoms with Crippen molar-refractivity contribution in [3.63, 3.8) is 0 Å². The fourth-order valence-electron chi connectivity index (χ4n) is 9.79. The van der Waals surface area contributed by atoms with Gasteiger partial charge in [0.05, 0.1) is 11.0 Å². The molecule has 0 saturated heterocycles. The molecule has 0 N–H and O–H groups in total. The van der Waals surface area contributed by atoms with Gasteiger partial charge >= 0.3 is 0 Å². The molecule has 6 aromatic carbocycles. The summed E-state index contributed by atoms with van der Waals surface area (Å²) in [6.45, 7) is 7.38. The standard InChI is InChI=1S/C46H41N/c1-32-29-43-42(44(2)27-15-16-28-45(44,3)47(43)36-21-11-6-12-22-36)31-39(32)33-25-26-38-37-23-13-14-24-40(37)46(41(38)30-33,34-17-7-4-8-18-34)35-19-9-5-10-20-35/h4-14,17-26,29-31H,15-16,27-28H2,1-3H3. The van der Waals surface area contributed by atoms with Crippen molar-refractivity contribution >= 4 is 11.4 Å². The zero-order valence-corrected chi connectivity index (χ0v) is 27.6. The topological polar surface area (TPSA) is 3.24 Å². The van der Waals surface area contributed by atoms with Crippen molar-refractivity contribution in [3.05, 3.63) is 179 Å². The van der Waals surface area contributed by atoms with Gasteiger partial charge < -0.3 is 4.90 Å². The van der Waals surface area contributed by atoms with Crippen molar-refractivity contribution in [2.24, 2.45) is 0 Å². The van der Waals surface area contributed by atoms with Crippen LogP contribution in [-0.4, -0.2) is 5.54 Å². The van der Waals surface area contributed by atoms with E-state index in [9.17, 15) is 0 Å². The Labute approximate surface area is 279 Å². The Bertz CT molecular complexity index is 2090. The fraction of sp³-hybridized carbons (Fsp3) is 0.217. The van der Waals surface area contributed by atoms with Gasteiger partial charge in [-0.25, -0.2) is 0 Å². The zero-order valence-electron chi connectivity index (χ0n) is 27.6. The molecule has 2 aliphatic carbocycles. The summed E-state index contributed by atoms with van der Waals surface area (Å²) in [4.78, 5) is 2.69. The molecule has 9 rings (SSSR count). The van der Waals surface area contributed by atoms with Gasteiger partial charge in [-0.05, 0) is 113 Å². The Morgan fingerprint density at radius 2 is 1.11 bits per heavy atom. The molecule has 1 heterocycles. The summed E-state index contributed by atoms with van der Waals surface area (Å²) in [7, 11) is 0. The maximum atomic E-state index is 2.69. The number of hydrogen-bond acceptors (Lipinski definition) is 1. The summed E-state index contributed by atoms with van der Waals surface area (Å²) in [6.07, 6.45) is 4.98. The predicted octanol–water partition coefficient (Wildman–Crippen LogP) is 11.8. The molecule has 0 amide bonds. The third-order valence-corrected chi connectivity index (χ3v) is 12.2. The van der Waals surface area contributed by atoms with Crippen molar-refractivity contribution in [1.82, 2.24) is 0 Å². The third-order valence-electron chi connectivity index (χ3n) is 12.2. The van der Waals surface area contributed by atoms with Crippen molar-refractivity contribution in [1.29, 1.82) is 0 Å². The van der Waals surface area contributed by atoms with E-state index in [2.05, 4.69) is 171 Å². The summed E-state index contributed by atoms with van der Waals surface area (Å²) >= 11 is 0. The van der Waals surface area contributed by atoms with E-state index in [-0.39, 0.29) is 11.0 Å². The average Bonchev–Trinajstić information content (AvgIpc) is 3.52. The number of anilines is 2. The molecular formula is C46H41N. The maximum Gasteiger partial charge on any atom is 0.0713 e. The Morgan fingerprint density at radius 3 is 1.81 bits per heavy atom. The van der Waals surface area contributed by atoms with Gasteiger partial charge in [0.15, 0.2) is 0 Å². The predicted molar refractivity (Wildman–Crippen MR) is 197 cm³/mol. The van der Waals surface area contributed by atoms with E-state index < -0.39 is 5.41 Å². The molecule has 230 valence electrons. The normalized spacial score (nSPS) is 21.9. The van der Waals surface area contributed by atoms with Crippen molar-refractivity contribution < 1.29 is 0 Å². The first-order chi connectivity index (χ1) is 23.0. The molecule has 0 spiro atoms. The molecular weight excluding hydrogens is 567 g/mol. The van der Waals surface area contributed by atoms with Crippen LogP contribution < -0.4 is 4.90 Å². The first kappa shape index (κ1) is 28.4. The third kappa shape index (κ3) is 3.77. The first-order valence-corrected chi connectivity index (χ1v) is 17.3. The van der Waals surface area contributed by atoms with Crippen molar-refractivity contribution in [2.75, 3.05) is 4.90 Å². The molecule has 1 nitrogen and oxygen atoms in total. The van der Waals surface area contributed by atoms with Crippen LogP contribution in [0.4, 0.5) is 11.4 Å².